The number of hydrogen-bond acceptors (Lipinski definition) is 3. The second-order valence-electron chi connectivity index (χ2n) is 4.57. The Morgan fingerprint density at radius 2 is 1.80 bits per heavy atom. The molecule has 0 amide bonds. The highest BCUT2D eigenvalue weighted by Crippen LogP contribution is 2.32. The number of halogens is 1. The Hall–Kier alpha value is -2.39. The molecule has 1 aliphatic heterocycles. The van der Waals surface area contributed by atoms with Gasteiger partial charge < -0.3 is 4.42 Å². The van der Waals surface area contributed by atoms with Crippen molar-refractivity contribution in [3.8, 4) is 11.5 Å². The molecule has 96 valence electrons. The van der Waals surface area contributed by atoms with Gasteiger partial charge in [-0.2, -0.15) is 0 Å². The van der Waals surface area contributed by atoms with Crippen molar-refractivity contribution in [1.29, 1.82) is 0 Å². The van der Waals surface area contributed by atoms with Crippen molar-refractivity contribution in [2.45, 2.75) is 0 Å². The molecule has 0 fully saturated rings. The highest BCUT2D eigenvalue weighted by molar-refractivity contribution is 6.34. The van der Waals surface area contributed by atoms with Crippen LogP contribution in [0.3, 0.4) is 0 Å². The first kappa shape index (κ1) is 11.4. The summed E-state index contributed by atoms with van der Waals surface area (Å²) in [6.45, 7) is 0. The summed E-state index contributed by atoms with van der Waals surface area (Å²) in [4.78, 5) is 16.7. The van der Waals surface area contributed by atoms with Gasteiger partial charge in [-0.3, -0.25) is 4.79 Å². The Balaban J connectivity index is 2.29. The molecule has 3 nitrogen and oxygen atoms in total. The molecule has 0 aromatic heterocycles. The first-order valence-electron chi connectivity index (χ1n) is 6.15. The normalized spacial score (nSPS) is 11.4. The van der Waals surface area contributed by atoms with Gasteiger partial charge in [0.05, 0.1) is 5.02 Å². The van der Waals surface area contributed by atoms with Crippen LogP contribution in [0.1, 0.15) is 0 Å². The molecule has 2 aliphatic rings. The van der Waals surface area contributed by atoms with Gasteiger partial charge in [0.1, 0.15) is 11.2 Å². The number of hydrogen-bond donors (Lipinski definition) is 0. The van der Waals surface area contributed by atoms with Gasteiger partial charge in [0, 0.05) is 16.8 Å². The van der Waals surface area contributed by atoms with E-state index in [0.29, 0.717) is 33.0 Å². The zero-order valence-corrected chi connectivity index (χ0v) is 11.0. The molecule has 4 rings (SSSR count). The summed E-state index contributed by atoms with van der Waals surface area (Å²) < 4.78 is 5.77. The van der Waals surface area contributed by atoms with Crippen LogP contribution < -0.4 is 5.43 Å². The van der Waals surface area contributed by atoms with Crippen molar-refractivity contribution >= 4 is 33.5 Å². The summed E-state index contributed by atoms with van der Waals surface area (Å²) in [6.07, 6.45) is 0. The Morgan fingerprint density at radius 3 is 2.65 bits per heavy atom. The SMILES string of the molecule is O=c1cc2oc3c(Cl)cccc3nc-2c2ccccc12. The van der Waals surface area contributed by atoms with Crippen molar-refractivity contribution in [2.24, 2.45) is 0 Å². The minimum absolute atomic E-state index is 0.0787. The predicted octanol–water partition coefficient (Wildman–Crippen LogP) is 4.10. The minimum Gasteiger partial charge on any atom is -0.451 e. The molecule has 0 spiro atoms. The summed E-state index contributed by atoms with van der Waals surface area (Å²) >= 11 is 6.10. The molecule has 2 aromatic carbocycles. The monoisotopic (exact) mass is 281 g/mol. The van der Waals surface area contributed by atoms with Crippen LogP contribution in [0, 0.1) is 0 Å². The van der Waals surface area contributed by atoms with Gasteiger partial charge in [0.25, 0.3) is 0 Å². The Kier molecular flexibility index (Phi) is 2.32. The van der Waals surface area contributed by atoms with Crippen LogP contribution in [-0.4, -0.2) is 4.98 Å². The maximum atomic E-state index is 12.1. The number of rotatable bonds is 0. The summed E-state index contributed by atoms with van der Waals surface area (Å²) in [6, 6.07) is 14.2. The standard InChI is InChI=1S/C16H8ClNO2/c17-11-6-3-7-12-16(11)20-14-8-13(19)9-4-1-2-5-10(9)15(14)18-12/h1-8H. The fourth-order valence-corrected chi connectivity index (χ4v) is 2.62. The van der Waals surface area contributed by atoms with Gasteiger partial charge in [-0.1, -0.05) is 41.9 Å². The third kappa shape index (κ3) is 1.53. The molecule has 4 heteroatoms. The van der Waals surface area contributed by atoms with Gasteiger partial charge in [-0.15, -0.1) is 0 Å². The van der Waals surface area contributed by atoms with E-state index in [-0.39, 0.29) is 5.43 Å². The van der Waals surface area contributed by atoms with E-state index in [1.165, 1.54) is 6.07 Å². The molecule has 0 unspecified atom stereocenters. The van der Waals surface area contributed by atoms with E-state index in [9.17, 15) is 4.79 Å². The molecular weight excluding hydrogens is 274 g/mol. The first-order chi connectivity index (χ1) is 9.74. The van der Waals surface area contributed by atoms with Crippen LogP contribution in [0.2, 0.25) is 5.02 Å². The summed E-state index contributed by atoms with van der Waals surface area (Å²) in [5, 5.41) is 1.92. The fourth-order valence-electron chi connectivity index (χ4n) is 2.41. The molecule has 0 saturated carbocycles. The molecule has 0 atom stereocenters. The van der Waals surface area contributed by atoms with Crippen LogP contribution >= 0.6 is 11.6 Å². The smallest absolute Gasteiger partial charge is 0.190 e. The first-order valence-corrected chi connectivity index (χ1v) is 6.53. The Morgan fingerprint density at radius 1 is 1.00 bits per heavy atom. The fraction of sp³-hybridized carbons (Fsp3) is 0. The van der Waals surface area contributed by atoms with Crippen molar-refractivity contribution < 1.29 is 4.42 Å². The molecule has 1 aliphatic carbocycles. The number of nitrogens with zero attached hydrogens (tertiary/aromatic N) is 1. The van der Waals surface area contributed by atoms with Gasteiger partial charge >= 0.3 is 0 Å². The van der Waals surface area contributed by atoms with Gasteiger partial charge in [0.15, 0.2) is 16.8 Å². The van der Waals surface area contributed by atoms with Crippen molar-refractivity contribution in [1.82, 2.24) is 4.98 Å². The lowest BCUT2D eigenvalue weighted by Crippen LogP contribution is -2.03. The third-order valence-corrected chi connectivity index (χ3v) is 3.63. The van der Waals surface area contributed by atoms with E-state index in [0.717, 1.165) is 5.39 Å². The van der Waals surface area contributed by atoms with E-state index in [2.05, 4.69) is 4.98 Å². The Labute approximate surface area is 118 Å². The van der Waals surface area contributed by atoms with Crippen molar-refractivity contribution in [3.05, 3.63) is 63.8 Å². The maximum Gasteiger partial charge on any atom is 0.190 e. The second-order valence-corrected chi connectivity index (χ2v) is 4.98. The van der Waals surface area contributed by atoms with Gasteiger partial charge in [0.2, 0.25) is 0 Å². The van der Waals surface area contributed by atoms with E-state index >= 15 is 0 Å². The highest BCUT2D eigenvalue weighted by atomic mass is 35.5. The van der Waals surface area contributed by atoms with Crippen LogP contribution in [0.25, 0.3) is 33.3 Å². The lowest BCUT2D eigenvalue weighted by Gasteiger charge is -2.09. The van der Waals surface area contributed by atoms with Crippen LogP contribution in [0.15, 0.2) is 57.7 Å². The van der Waals surface area contributed by atoms with Crippen LogP contribution in [-0.2, 0) is 0 Å². The number of fused-ring (bicyclic) bond motifs is 4. The summed E-state index contributed by atoms with van der Waals surface area (Å²) in [5.41, 5.74) is 1.77. The van der Waals surface area contributed by atoms with Crippen molar-refractivity contribution in [3.63, 3.8) is 0 Å². The molecule has 2 aromatic rings. The molecular formula is C16H8ClNO2. The lowest BCUT2D eigenvalue weighted by molar-refractivity contribution is 0.614. The number of aromatic nitrogens is 1. The van der Waals surface area contributed by atoms with Crippen molar-refractivity contribution in [2.75, 3.05) is 0 Å². The zero-order valence-electron chi connectivity index (χ0n) is 10.3. The molecule has 0 N–H and O–H groups in total. The maximum absolute atomic E-state index is 12.1. The predicted molar refractivity (Wildman–Crippen MR) is 79.4 cm³/mol. The molecule has 20 heavy (non-hydrogen) atoms. The van der Waals surface area contributed by atoms with Gasteiger partial charge in [-0.25, -0.2) is 4.98 Å². The highest BCUT2D eigenvalue weighted by Gasteiger charge is 2.15. The van der Waals surface area contributed by atoms with Crippen LogP contribution in [0.5, 0.6) is 0 Å². The molecule has 0 saturated heterocycles. The molecule has 0 bridgehead atoms. The summed E-state index contributed by atoms with van der Waals surface area (Å²) in [7, 11) is 0. The summed E-state index contributed by atoms with van der Waals surface area (Å²) in [5.74, 6) is 0.453. The van der Waals surface area contributed by atoms with Gasteiger partial charge in [-0.05, 0) is 12.1 Å². The quantitative estimate of drug-likeness (QED) is 0.360. The van der Waals surface area contributed by atoms with Crippen LogP contribution in [0.4, 0.5) is 0 Å². The molecule has 1 heterocycles. The average Bonchev–Trinajstić information content (AvgIpc) is 2.47. The minimum atomic E-state index is -0.0787. The largest absolute Gasteiger partial charge is 0.451 e. The Bertz CT molecular complexity index is 990. The van der Waals surface area contributed by atoms with E-state index < -0.39 is 0 Å². The number of benzene rings is 3. The molecule has 0 radical (unpaired) electrons. The zero-order chi connectivity index (χ0) is 13.7. The second kappa shape index (κ2) is 4.05. The van der Waals surface area contributed by atoms with E-state index in [4.69, 9.17) is 16.0 Å². The van der Waals surface area contributed by atoms with E-state index in [1.807, 2.05) is 30.3 Å². The number of para-hydroxylation sites is 1. The lowest BCUT2D eigenvalue weighted by atomic mass is 10.0. The van der Waals surface area contributed by atoms with E-state index in [1.54, 1.807) is 12.1 Å². The topological polar surface area (TPSA) is 43.1 Å². The average molecular weight is 282 g/mol. The third-order valence-electron chi connectivity index (χ3n) is 3.33.